The summed E-state index contributed by atoms with van der Waals surface area (Å²) in [5.74, 6) is -0.0504. The van der Waals surface area contributed by atoms with Gasteiger partial charge < -0.3 is 10.4 Å². The van der Waals surface area contributed by atoms with Gasteiger partial charge in [-0.05, 0) is 33.6 Å². The van der Waals surface area contributed by atoms with E-state index in [0.29, 0.717) is 6.54 Å². The highest BCUT2D eigenvalue weighted by molar-refractivity contribution is 5.87. The van der Waals surface area contributed by atoms with E-state index >= 15 is 0 Å². The van der Waals surface area contributed by atoms with Gasteiger partial charge in [0.25, 0.3) is 0 Å². The lowest BCUT2D eigenvalue weighted by Gasteiger charge is -2.04. The zero-order valence-electron chi connectivity index (χ0n) is 8.63. The van der Waals surface area contributed by atoms with Crippen LogP contribution in [0, 0.1) is 0 Å². The Morgan fingerprint density at radius 2 is 2.15 bits per heavy atom. The lowest BCUT2D eigenvalue weighted by molar-refractivity contribution is -0.116. The maximum atomic E-state index is 11.0. The fourth-order valence-corrected chi connectivity index (χ4v) is 0.922. The Bertz CT molecular complexity index is 181. The largest absolute Gasteiger partial charge is 0.393 e. The molecule has 0 heterocycles. The average Bonchev–Trinajstić information content (AvgIpc) is 1.96. The Morgan fingerprint density at radius 1 is 1.54 bits per heavy atom. The van der Waals surface area contributed by atoms with Crippen molar-refractivity contribution in [3.63, 3.8) is 0 Å². The summed E-state index contributed by atoms with van der Waals surface area (Å²) < 4.78 is 0. The van der Waals surface area contributed by atoms with Crippen molar-refractivity contribution in [2.45, 2.75) is 39.7 Å². The van der Waals surface area contributed by atoms with Crippen LogP contribution in [0.25, 0.3) is 0 Å². The van der Waals surface area contributed by atoms with Gasteiger partial charge in [0.15, 0.2) is 0 Å². The molecule has 1 atom stereocenters. The van der Waals surface area contributed by atoms with Gasteiger partial charge in [0.1, 0.15) is 0 Å². The molecule has 3 heteroatoms. The van der Waals surface area contributed by atoms with E-state index in [4.69, 9.17) is 5.11 Å². The predicted molar refractivity (Wildman–Crippen MR) is 53.4 cm³/mol. The number of amides is 1. The van der Waals surface area contributed by atoms with Crippen LogP contribution in [-0.2, 0) is 4.79 Å². The third kappa shape index (κ3) is 9.08. The Kier molecular flexibility index (Phi) is 6.24. The molecule has 0 aliphatic heterocycles. The summed E-state index contributed by atoms with van der Waals surface area (Å²) in [6, 6.07) is 0. The van der Waals surface area contributed by atoms with Crippen LogP contribution in [0.5, 0.6) is 0 Å². The van der Waals surface area contributed by atoms with Gasteiger partial charge in [-0.25, -0.2) is 0 Å². The smallest absolute Gasteiger partial charge is 0.243 e. The highest BCUT2D eigenvalue weighted by Crippen LogP contribution is 1.94. The molecule has 0 saturated carbocycles. The summed E-state index contributed by atoms with van der Waals surface area (Å²) in [6.45, 7) is 6.15. The molecule has 0 saturated heterocycles. The Balaban J connectivity index is 3.44. The van der Waals surface area contributed by atoms with Crippen LogP contribution in [-0.4, -0.2) is 23.7 Å². The van der Waals surface area contributed by atoms with Crippen LogP contribution >= 0.6 is 0 Å². The molecular formula is C10H19NO2. The monoisotopic (exact) mass is 185 g/mol. The van der Waals surface area contributed by atoms with Gasteiger partial charge in [0, 0.05) is 12.6 Å². The fourth-order valence-electron chi connectivity index (χ4n) is 0.922. The summed E-state index contributed by atoms with van der Waals surface area (Å²) in [5, 5.41) is 11.7. The second kappa shape index (κ2) is 6.66. The van der Waals surface area contributed by atoms with E-state index < -0.39 is 0 Å². The van der Waals surface area contributed by atoms with E-state index in [0.717, 1.165) is 18.4 Å². The number of carbonyl (C=O) groups excluding carboxylic acids is 1. The molecule has 0 radical (unpaired) electrons. The molecular weight excluding hydrogens is 166 g/mol. The van der Waals surface area contributed by atoms with E-state index in [2.05, 4.69) is 5.32 Å². The number of rotatable bonds is 5. The number of aliphatic hydroxyl groups is 1. The number of carbonyl (C=O) groups is 1. The molecule has 0 rings (SSSR count). The second-order valence-corrected chi connectivity index (χ2v) is 3.50. The lowest BCUT2D eigenvalue weighted by Crippen LogP contribution is -2.23. The van der Waals surface area contributed by atoms with E-state index in [9.17, 15) is 4.79 Å². The molecule has 1 amide bonds. The standard InChI is InChI=1S/C10H19NO2/c1-8(2)7-10(13)11-6-4-5-9(3)12/h7,9,12H,4-6H2,1-3H3,(H,11,13). The fraction of sp³-hybridized carbons (Fsp3) is 0.700. The van der Waals surface area contributed by atoms with Crippen molar-refractivity contribution in [3.8, 4) is 0 Å². The van der Waals surface area contributed by atoms with Crippen molar-refractivity contribution >= 4 is 5.91 Å². The number of hydrogen-bond donors (Lipinski definition) is 2. The van der Waals surface area contributed by atoms with E-state index in [-0.39, 0.29) is 12.0 Å². The first-order valence-corrected chi connectivity index (χ1v) is 4.63. The highest BCUT2D eigenvalue weighted by Gasteiger charge is 1.97. The van der Waals surface area contributed by atoms with Crippen molar-refractivity contribution in [2.75, 3.05) is 6.54 Å². The van der Waals surface area contributed by atoms with Gasteiger partial charge >= 0.3 is 0 Å². The van der Waals surface area contributed by atoms with Gasteiger partial charge in [0.2, 0.25) is 5.91 Å². The number of hydrogen-bond acceptors (Lipinski definition) is 2. The lowest BCUT2D eigenvalue weighted by atomic mass is 10.2. The molecule has 0 spiro atoms. The highest BCUT2D eigenvalue weighted by atomic mass is 16.3. The Labute approximate surface area is 79.8 Å². The zero-order valence-corrected chi connectivity index (χ0v) is 8.63. The quantitative estimate of drug-likeness (QED) is 0.500. The minimum Gasteiger partial charge on any atom is -0.393 e. The van der Waals surface area contributed by atoms with Crippen LogP contribution in [0.2, 0.25) is 0 Å². The van der Waals surface area contributed by atoms with Crippen molar-refractivity contribution in [1.82, 2.24) is 5.32 Å². The predicted octanol–water partition coefficient (Wildman–Crippen LogP) is 1.23. The topological polar surface area (TPSA) is 49.3 Å². The molecule has 13 heavy (non-hydrogen) atoms. The Morgan fingerprint density at radius 3 is 2.62 bits per heavy atom. The van der Waals surface area contributed by atoms with E-state index in [1.54, 1.807) is 13.0 Å². The zero-order chi connectivity index (χ0) is 10.3. The molecule has 3 nitrogen and oxygen atoms in total. The van der Waals surface area contributed by atoms with Gasteiger partial charge in [0.05, 0.1) is 6.10 Å². The maximum absolute atomic E-state index is 11.0. The molecule has 1 unspecified atom stereocenters. The minimum absolute atomic E-state index is 0.0504. The molecule has 2 N–H and O–H groups in total. The molecule has 0 aliphatic carbocycles. The molecule has 0 bridgehead atoms. The van der Waals surface area contributed by atoms with Crippen LogP contribution in [0.4, 0.5) is 0 Å². The van der Waals surface area contributed by atoms with Crippen molar-refractivity contribution in [3.05, 3.63) is 11.6 Å². The minimum atomic E-state index is -0.277. The first kappa shape index (κ1) is 12.2. The summed E-state index contributed by atoms with van der Waals surface area (Å²) in [6.07, 6.45) is 2.85. The summed E-state index contributed by atoms with van der Waals surface area (Å²) >= 11 is 0. The molecule has 0 aromatic carbocycles. The van der Waals surface area contributed by atoms with Gasteiger partial charge in [-0.15, -0.1) is 0 Å². The summed E-state index contributed by atoms with van der Waals surface area (Å²) in [7, 11) is 0. The SMILES string of the molecule is CC(C)=CC(=O)NCCCC(C)O. The molecule has 0 aromatic heterocycles. The van der Waals surface area contributed by atoms with Crippen molar-refractivity contribution < 1.29 is 9.90 Å². The number of aliphatic hydroxyl groups excluding tert-OH is 1. The van der Waals surface area contributed by atoms with Crippen molar-refractivity contribution in [2.24, 2.45) is 0 Å². The molecule has 76 valence electrons. The second-order valence-electron chi connectivity index (χ2n) is 3.50. The van der Waals surface area contributed by atoms with E-state index in [1.807, 2.05) is 13.8 Å². The van der Waals surface area contributed by atoms with E-state index in [1.165, 1.54) is 0 Å². The third-order valence-electron chi connectivity index (χ3n) is 1.52. The first-order valence-electron chi connectivity index (χ1n) is 4.63. The van der Waals surface area contributed by atoms with Crippen LogP contribution < -0.4 is 5.32 Å². The molecule has 0 aliphatic rings. The molecule has 0 fully saturated rings. The van der Waals surface area contributed by atoms with Crippen molar-refractivity contribution in [1.29, 1.82) is 0 Å². The normalized spacial score (nSPS) is 12.0. The number of allylic oxidation sites excluding steroid dienone is 1. The third-order valence-corrected chi connectivity index (χ3v) is 1.52. The first-order chi connectivity index (χ1) is 6.02. The van der Waals surface area contributed by atoms with Crippen LogP contribution in [0.15, 0.2) is 11.6 Å². The van der Waals surface area contributed by atoms with Crippen LogP contribution in [0.3, 0.4) is 0 Å². The van der Waals surface area contributed by atoms with Gasteiger partial charge in [-0.2, -0.15) is 0 Å². The van der Waals surface area contributed by atoms with Crippen LogP contribution in [0.1, 0.15) is 33.6 Å². The maximum Gasteiger partial charge on any atom is 0.243 e. The number of nitrogens with one attached hydrogen (secondary N) is 1. The average molecular weight is 185 g/mol. The van der Waals surface area contributed by atoms with Gasteiger partial charge in [-0.3, -0.25) is 4.79 Å². The van der Waals surface area contributed by atoms with Gasteiger partial charge in [-0.1, -0.05) is 5.57 Å². The molecule has 0 aromatic rings. The Hall–Kier alpha value is -0.830. The summed E-state index contributed by atoms with van der Waals surface area (Å²) in [5.41, 5.74) is 0.994. The summed E-state index contributed by atoms with van der Waals surface area (Å²) in [4.78, 5) is 11.0.